The largest absolute Gasteiger partial charge is 0.345 e. The lowest BCUT2D eigenvalue weighted by Gasteiger charge is -2.37. The highest BCUT2D eigenvalue weighted by Crippen LogP contribution is 2.46. The van der Waals surface area contributed by atoms with Gasteiger partial charge in [-0.05, 0) is 37.0 Å². The van der Waals surface area contributed by atoms with Gasteiger partial charge in [0.25, 0.3) is 0 Å². The van der Waals surface area contributed by atoms with Crippen LogP contribution in [0.25, 0.3) is 0 Å². The molecule has 1 aromatic rings. The summed E-state index contributed by atoms with van der Waals surface area (Å²) >= 11 is 0. The van der Waals surface area contributed by atoms with Crippen molar-refractivity contribution in [2.24, 2.45) is 11.3 Å². The van der Waals surface area contributed by atoms with Crippen molar-refractivity contribution < 1.29 is 0 Å². The van der Waals surface area contributed by atoms with Crippen molar-refractivity contribution >= 4 is 0 Å². The van der Waals surface area contributed by atoms with Gasteiger partial charge in [0.05, 0.1) is 5.69 Å². The smallest absolute Gasteiger partial charge is 0.110 e. The lowest BCUT2D eigenvalue weighted by atomic mass is 9.68. The molecule has 2 nitrogen and oxygen atoms in total. The van der Waals surface area contributed by atoms with Gasteiger partial charge in [0.2, 0.25) is 0 Å². The van der Waals surface area contributed by atoms with Gasteiger partial charge in [0.15, 0.2) is 0 Å². The first-order valence-electron chi connectivity index (χ1n) is 8.06. The van der Waals surface area contributed by atoms with E-state index in [0.29, 0.717) is 17.3 Å². The first kappa shape index (κ1) is 13.2. The molecule has 0 bridgehead atoms. The quantitative estimate of drug-likeness (QED) is 0.773. The molecule has 1 saturated carbocycles. The Balaban J connectivity index is 1.92. The molecule has 1 heterocycles. The zero-order valence-corrected chi connectivity index (χ0v) is 12.9. The second-order valence-electron chi connectivity index (χ2n) is 7.72. The predicted octanol–water partition coefficient (Wildman–Crippen LogP) is 4.78. The van der Waals surface area contributed by atoms with E-state index in [2.05, 4.69) is 32.7 Å². The maximum Gasteiger partial charge on any atom is 0.110 e. The van der Waals surface area contributed by atoms with Crippen LogP contribution < -0.4 is 0 Å². The zero-order valence-electron chi connectivity index (χ0n) is 12.9. The van der Waals surface area contributed by atoms with Crippen LogP contribution >= 0.6 is 0 Å². The lowest BCUT2D eigenvalue weighted by molar-refractivity contribution is 0.193. The van der Waals surface area contributed by atoms with Crippen molar-refractivity contribution in [3.8, 4) is 0 Å². The van der Waals surface area contributed by atoms with Crippen molar-refractivity contribution in [2.45, 2.75) is 78.1 Å². The van der Waals surface area contributed by atoms with Crippen LogP contribution in [0, 0.1) is 11.3 Å². The molecule has 2 heteroatoms. The van der Waals surface area contributed by atoms with Gasteiger partial charge >= 0.3 is 0 Å². The van der Waals surface area contributed by atoms with Crippen molar-refractivity contribution in [3.05, 3.63) is 17.2 Å². The molecule has 19 heavy (non-hydrogen) atoms. The molecular weight excluding hydrogens is 232 g/mol. The monoisotopic (exact) mass is 260 g/mol. The highest BCUT2D eigenvalue weighted by molar-refractivity contribution is 5.24. The summed E-state index contributed by atoms with van der Waals surface area (Å²) in [6.07, 6.45) is 7.90. The third kappa shape index (κ3) is 2.34. The summed E-state index contributed by atoms with van der Waals surface area (Å²) in [5.74, 6) is 3.36. The molecule has 2 aliphatic rings. The van der Waals surface area contributed by atoms with Crippen LogP contribution in [0.2, 0.25) is 0 Å². The van der Waals surface area contributed by atoms with E-state index in [0.717, 1.165) is 5.92 Å². The SMILES string of the molecule is CC1Cc2[nH]c(C3CCCCC3(C)C)nc2C(C)C1. The summed E-state index contributed by atoms with van der Waals surface area (Å²) in [6.45, 7) is 9.55. The fraction of sp³-hybridized carbons (Fsp3) is 0.824. The summed E-state index contributed by atoms with van der Waals surface area (Å²) in [7, 11) is 0. The number of aromatic nitrogens is 2. The van der Waals surface area contributed by atoms with E-state index in [4.69, 9.17) is 4.98 Å². The van der Waals surface area contributed by atoms with E-state index in [-0.39, 0.29) is 0 Å². The normalized spacial score (nSPS) is 34.0. The van der Waals surface area contributed by atoms with Crippen LogP contribution in [0.15, 0.2) is 0 Å². The molecule has 0 aliphatic heterocycles. The Morgan fingerprint density at radius 3 is 2.74 bits per heavy atom. The molecule has 106 valence electrons. The summed E-state index contributed by atoms with van der Waals surface area (Å²) in [4.78, 5) is 8.74. The number of hydrogen-bond donors (Lipinski definition) is 1. The summed E-state index contributed by atoms with van der Waals surface area (Å²) in [5.41, 5.74) is 3.21. The molecule has 1 fully saturated rings. The average molecular weight is 260 g/mol. The molecule has 1 aromatic heterocycles. The number of H-pyrrole nitrogens is 1. The second kappa shape index (κ2) is 4.64. The van der Waals surface area contributed by atoms with E-state index in [1.165, 1.54) is 55.7 Å². The van der Waals surface area contributed by atoms with Crippen LogP contribution in [-0.4, -0.2) is 9.97 Å². The Morgan fingerprint density at radius 1 is 1.21 bits per heavy atom. The maximum atomic E-state index is 5.03. The molecule has 3 unspecified atom stereocenters. The topological polar surface area (TPSA) is 28.7 Å². The molecule has 0 saturated heterocycles. The van der Waals surface area contributed by atoms with E-state index in [1.807, 2.05) is 0 Å². The molecular formula is C17H28N2. The number of fused-ring (bicyclic) bond motifs is 1. The number of rotatable bonds is 1. The molecule has 0 amide bonds. The van der Waals surface area contributed by atoms with Crippen LogP contribution in [0.4, 0.5) is 0 Å². The highest BCUT2D eigenvalue weighted by Gasteiger charge is 2.36. The first-order valence-corrected chi connectivity index (χ1v) is 8.06. The molecule has 3 atom stereocenters. The Bertz CT molecular complexity index is 458. The average Bonchev–Trinajstić information content (AvgIpc) is 2.72. The van der Waals surface area contributed by atoms with Gasteiger partial charge < -0.3 is 4.98 Å². The summed E-state index contributed by atoms with van der Waals surface area (Å²) < 4.78 is 0. The van der Waals surface area contributed by atoms with Crippen LogP contribution in [-0.2, 0) is 6.42 Å². The van der Waals surface area contributed by atoms with Gasteiger partial charge in [-0.2, -0.15) is 0 Å². The molecule has 1 N–H and O–H groups in total. The predicted molar refractivity (Wildman–Crippen MR) is 79.5 cm³/mol. The second-order valence-corrected chi connectivity index (χ2v) is 7.72. The Hall–Kier alpha value is -0.790. The van der Waals surface area contributed by atoms with Gasteiger partial charge in [-0.1, -0.05) is 40.5 Å². The van der Waals surface area contributed by atoms with Gasteiger partial charge in [-0.15, -0.1) is 0 Å². The minimum atomic E-state index is 0.410. The molecule has 3 rings (SSSR count). The standard InChI is InChI=1S/C17H28N2/c1-11-9-12(2)15-14(10-11)18-16(19-15)13-7-5-6-8-17(13,3)4/h11-13H,5-10H2,1-4H3,(H,18,19). The van der Waals surface area contributed by atoms with E-state index in [9.17, 15) is 0 Å². The van der Waals surface area contributed by atoms with E-state index >= 15 is 0 Å². The minimum Gasteiger partial charge on any atom is -0.345 e. The summed E-state index contributed by atoms with van der Waals surface area (Å²) in [5, 5.41) is 0. The first-order chi connectivity index (χ1) is 8.97. The van der Waals surface area contributed by atoms with Gasteiger partial charge in [-0.3, -0.25) is 0 Å². The van der Waals surface area contributed by atoms with E-state index < -0.39 is 0 Å². The fourth-order valence-electron chi connectivity index (χ4n) is 4.32. The Morgan fingerprint density at radius 2 is 2.00 bits per heavy atom. The minimum absolute atomic E-state index is 0.410. The maximum absolute atomic E-state index is 5.03. The molecule has 0 spiro atoms. The van der Waals surface area contributed by atoms with Crippen LogP contribution in [0.5, 0.6) is 0 Å². The van der Waals surface area contributed by atoms with Crippen molar-refractivity contribution in [1.82, 2.24) is 9.97 Å². The van der Waals surface area contributed by atoms with Gasteiger partial charge in [0, 0.05) is 17.5 Å². The van der Waals surface area contributed by atoms with Crippen molar-refractivity contribution in [3.63, 3.8) is 0 Å². The Kier molecular flexibility index (Phi) is 3.23. The highest BCUT2D eigenvalue weighted by atomic mass is 15.0. The molecule has 2 aliphatic carbocycles. The number of nitrogens with zero attached hydrogens (tertiary/aromatic N) is 1. The molecule has 0 radical (unpaired) electrons. The van der Waals surface area contributed by atoms with Gasteiger partial charge in [-0.25, -0.2) is 4.98 Å². The summed E-state index contributed by atoms with van der Waals surface area (Å²) in [6, 6.07) is 0. The third-order valence-corrected chi connectivity index (χ3v) is 5.44. The third-order valence-electron chi connectivity index (χ3n) is 5.44. The number of imidazole rings is 1. The molecule has 0 aromatic carbocycles. The number of nitrogens with one attached hydrogen (secondary N) is 1. The lowest BCUT2D eigenvalue weighted by Crippen LogP contribution is -2.26. The zero-order chi connectivity index (χ0) is 13.6. The number of hydrogen-bond acceptors (Lipinski definition) is 1. The van der Waals surface area contributed by atoms with E-state index in [1.54, 1.807) is 0 Å². The number of aromatic amines is 1. The van der Waals surface area contributed by atoms with Crippen LogP contribution in [0.1, 0.15) is 88.8 Å². The van der Waals surface area contributed by atoms with Gasteiger partial charge in [0.1, 0.15) is 5.82 Å². The van der Waals surface area contributed by atoms with Crippen LogP contribution in [0.3, 0.4) is 0 Å². The van der Waals surface area contributed by atoms with Crippen molar-refractivity contribution in [2.75, 3.05) is 0 Å². The Labute approximate surface area is 117 Å². The van der Waals surface area contributed by atoms with Crippen molar-refractivity contribution in [1.29, 1.82) is 0 Å². The fourth-order valence-corrected chi connectivity index (χ4v) is 4.32.